The van der Waals surface area contributed by atoms with E-state index in [0.717, 1.165) is 22.0 Å². The Morgan fingerprint density at radius 2 is 1.96 bits per heavy atom. The van der Waals surface area contributed by atoms with Crippen LogP contribution in [0.5, 0.6) is 0 Å². The molecule has 6 nitrogen and oxygen atoms in total. The minimum absolute atomic E-state index is 0.0324. The summed E-state index contributed by atoms with van der Waals surface area (Å²) in [4.78, 5) is 37.9. The Balaban J connectivity index is 1.82. The number of nitrogens with zero attached hydrogens (tertiary/aromatic N) is 1. The zero-order valence-electron chi connectivity index (χ0n) is 15.3. The van der Waals surface area contributed by atoms with Crippen LogP contribution in [0, 0.1) is 0 Å². The van der Waals surface area contributed by atoms with Gasteiger partial charge < -0.3 is 14.6 Å². The van der Waals surface area contributed by atoms with Crippen LogP contribution < -0.4 is 10.7 Å². The van der Waals surface area contributed by atoms with Gasteiger partial charge in [-0.3, -0.25) is 9.59 Å². The molecule has 1 N–H and O–H groups in total. The van der Waals surface area contributed by atoms with Gasteiger partial charge in [0.05, 0.1) is 23.9 Å². The van der Waals surface area contributed by atoms with Crippen LogP contribution in [-0.4, -0.2) is 23.6 Å². The Morgan fingerprint density at radius 3 is 2.71 bits per heavy atom. The fraction of sp³-hybridized carbons (Fsp3) is 0.190. The lowest BCUT2D eigenvalue weighted by Crippen LogP contribution is -2.24. The first kappa shape index (κ1) is 18.4. The van der Waals surface area contributed by atoms with E-state index in [1.54, 1.807) is 36.5 Å². The highest BCUT2D eigenvalue weighted by molar-refractivity contribution is 9.10. The summed E-state index contributed by atoms with van der Waals surface area (Å²) in [5.74, 6) is -1.13. The molecule has 0 spiro atoms. The van der Waals surface area contributed by atoms with E-state index in [9.17, 15) is 14.4 Å². The normalized spacial score (nSPS) is 14.9. The third-order valence-electron chi connectivity index (χ3n) is 4.98. The molecule has 1 amide bonds. The Labute approximate surface area is 169 Å². The Bertz CT molecular complexity index is 1200. The first-order valence-electron chi connectivity index (χ1n) is 8.76. The standard InChI is InChI=1S/C21H17BrN2O4/c1-11-7-12-8-13(22)9-15-18(12)24(11)10-16(19(15)25)20(26)23-17-6-4-3-5-14(17)21(27)28-2/h3-6,8-11H,7H2,1-2H3,(H,23,26)/t11-/m0/s1. The van der Waals surface area contributed by atoms with Gasteiger partial charge in [-0.15, -0.1) is 0 Å². The molecule has 3 aromatic rings. The number of methoxy groups -OCH3 is 1. The summed E-state index contributed by atoms with van der Waals surface area (Å²) in [6.45, 7) is 2.05. The molecule has 0 radical (unpaired) electrons. The number of aromatic nitrogens is 1. The van der Waals surface area contributed by atoms with Gasteiger partial charge in [-0.1, -0.05) is 28.1 Å². The van der Waals surface area contributed by atoms with Gasteiger partial charge in [0.25, 0.3) is 5.91 Å². The number of amides is 1. The number of hydrogen-bond donors (Lipinski definition) is 1. The molecule has 1 aromatic heterocycles. The summed E-state index contributed by atoms with van der Waals surface area (Å²) < 4.78 is 7.53. The summed E-state index contributed by atoms with van der Waals surface area (Å²) in [5.41, 5.74) is 2.16. The molecule has 0 bridgehead atoms. The van der Waals surface area contributed by atoms with E-state index in [2.05, 4.69) is 21.2 Å². The van der Waals surface area contributed by atoms with Crippen LogP contribution in [0.1, 0.15) is 39.2 Å². The molecular formula is C21H17BrN2O4. The van der Waals surface area contributed by atoms with Crippen molar-refractivity contribution in [2.75, 3.05) is 12.4 Å². The fourth-order valence-electron chi connectivity index (χ4n) is 3.69. The van der Waals surface area contributed by atoms with Crippen LogP contribution in [0.15, 0.2) is 51.9 Å². The van der Waals surface area contributed by atoms with Crippen molar-refractivity contribution >= 4 is 44.4 Å². The smallest absolute Gasteiger partial charge is 0.339 e. The monoisotopic (exact) mass is 440 g/mol. The summed E-state index contributed by atoms with van der Waals surface area (Å²) in [6.07, 6.45) is 2.40. The molecule has 7 heteroatoms. The maximum atomic E-state index is 13.0. The van der Waals surface area contributed by atoms with Crippen molar-refractivity contribution in [3.63, 3.8) is 0 Å². The lowest BCUT2D eigenvalue weighted by Gasteiger charge is -2.14. The quantitative estimate of drug-likeness (QED) is 0.626. The molecule has 142 valence electrons. The van der Waals surface area contributed by atoms with Crippen LogP contribution in [0.3, 0.4) is 0 Å². The van der Waals surface area contributed by atoms with Gasteiger partial charge >= 0.3 is 5.97 Å². The fourth-order valence-corrected chi connectivity index (χ4v) is 4.20. The number of nitrogens with one attached hydrogen (secondary N) is 1. The second kappa shape index (κ2) is 6.91. The zero-order valence-corrected chi connectivity index (χ0v) is 16.9. The number of halogens is 1. The van der Waals surface area contributed by atoms with E-state index in [1.165, 1.54) is 7.11 Å². The molecule has 0 saturated carbocycles. The third kappa shape index (κ3) is 2.92. The number of anilines is 1. The first-order valence-corrected chi connectivity index (χ1v) is 9.56. The molecule has 4 rings (SSSR count). The highest BCUT2D eigenvalue weighted by Gasteiger charge is 2.25. The summed E-state index contributed by atoms with van der Waals surface area (Å²) in [6, 6.07) is 10.4. The van der Waals surface area contributed by atoms with Crippen molar-refractivity contribution in [1.82, 2.24) is 4.57 Å². The van der Waals surface area contributed by atoms with Crippen molar-refractivity contribution in [1.29, 1.82) is 0 Å². The van der Waals surface area contributed by atoms with Gasteiger partial charge in [-0.25, -0.2) is 4.79 Å². The maximum absolute atomic E-state index is 13.0. The number of para-hydroxylation sites is 1. The van der Waals surface area contributed by atoms with Gasteiger partial charge in [-0.05, 0) is 43.2 Å². The van der Waals surface area contributed by atoms with Gasteiger partial charge in [0.15, 0.2) is 0 Å². The largest absolute Gasteiger partial charge is 0.465 e. The highest BCUT2D eigenvalue weighted by Crippen LogP contribution is 2.33. The molecular weight excluding hydrogens is 424 g/mol. The molecule has 0 saturated heterocycles. The molecule has 0 fully saturated rings. The van der Waals surface area contributed by atoms with E-state index in [-0.39, 0.29) is 22.6 Å². The van der Waals surface area contributed by atoms with Crippen LogP contribution in [-0.2, 0) is 11.2 Å². The van der Waals surface area contributed by atoms with Crippen molar-refractivity contribution in [2.45, 2.75) is 19.4 Å². The van der Waals surface area contributed by atoms with Crippen molar-refractivity contribution in [2.24, 2.45) is 0 Å². The van der Waals surface area contributed by atoms with Gasteiger partial charge in [0.1, 0.15) is 5.56 Å². The summed E-state index contributed by atoms with van der Waals surface area (Å²) >= 11 is 3.45. The van der Waals surface area contributed by atoms with Gasteiger partial charge in [-0.2, -0.15) is 0 Å². The molecule has 2 aromatic carbocycles. The highest BCUT2D eigenvalue weighted by atomic mass is 79.9. The topological polar surface area (TPSA) is 77.4 Å². The molecule has 1 aliphatic heterocycles. The van der Waals surface area contributed by atoms with Gasteiger partial charge in [0, 0.05) is 22.1 Å². The minimum Gasteiger partial charge on any atom is -0.465 e. The van der Waals surface area contributed by atoms with Crippen molar-refractivity contribution < 1.29 is 14.3 Å². The summed E-state index contributed by atoms with van der Waals surface area (Å²) in [5, 5.41) is 3.18. The van der Waals surface area contributed by atoms with E-state index in [0.29, 0.717) is 11.1 Å². The van der Waals surface area contributed by atoms with E-state index in [4.69, 9.17) is 4.74 Å². The molecule has 28 heavy (non-hydrogen) atoms. The number of esters is 1. The molecule has 0 aliphatic carbocycles. The number of hydrogen-bond acceptors (Lipinski definition) is 4. The van der Waals surface area contributed by atoms with Crippen LogP contribution >= 0.6 is 15.9 Å². The number of ether oxygens (including phenoxy) is 1. The second-order valence-electron chi connectivity index (χ2n) is 6.78. The molecule has 2 heterocycles. The summed E-state index contributed by atoms with van der Waals surface area (Å²) in [7, 11) is 1.27. The Kier molecular flexibility index (Phi) is 4.55. The number of benzene rings is 2. The van der Waals surface area contributed by atoms with Crippen molar-refractivity contribution in [3.05, 3.63) is 74.0 Å². The zero-order chi connectivity index (χ0) is 20.0. The molecule has 0 unspecified atom stereocenters. The maximum Gasteiger partial charge on any atom is 0.339 e. The van der Waals surface area contributed by atoms with Gasteiger partial charge in [0.2, 0.25) is 5.43 Å². The van der Waals surface area contributed by atoms with E-state index >= 15 is 0 Å². The predicted octanol–water partition coefficient (Wildman–Crippen LogP) is 3.92. The third-order valence-corrected chi connectivity index (χ3v) is 5.44. The van der Waals surface area contributed by atoms with Crippen LogP contribution in [0.4, 0.5) is 5.69 Å². The van der Waals surface area contributed by atoms with Crippen molar-refractivity contribution in [3.8, 4) is 0 Å². The Morgan fingerprint density at radius 1 is 1.21 bits per heavy atom. The van der Waals surface area contributed by atoms with Crippen LogP contribution in [0.25, 0.3) is 10.9 Å². The average Bonchev–Trinajstić information content (AvgIpc) is 2.99. The minimum atomic E-state index is -0.563. The van der Waals surface area contributed by atoms with Crippen LogP contribution in [0.2, 0.25) is 0 Å². The lowest BCUT2D eigenvalue weighted by atomic mass is 10.1. The average molecular weight is 441 g/mol. The molecule has 1 atom stereocenters. The molecule has 1 aliphatic rings. The predicted molar refractivity (Wildman–Crippen MR) is 110 cm³/mol. The number of rotatable bonds is 3. The van der Waals surface area contributed by atoms with E-state index in [1.807, 2.05) is 17.6 Å². The SMILES string of the molecule is COC(=O)c1ccccc1NC(=O)c1cn2c3c(cc(Br)cc3c1=O)C[C@@H]2C. The Hall–Kier alpha value is -2.93. The number of carbonyl (C=O) groups excluding carboxylic acids is 2. The second-order valence-corrected chi connectivity index (χ2v) is 7.70. The number of pyridine rings is 1. The number of carbonyl (C=O) groups is 2. The first-order chi connectivity index (χ1) is 13.4. The lowest BCUT2D eigenvalue weighted by molar-refractivity contribution is 0.0602. The van der Waals surface area contributed by atoms with E-state index < -0.39 is 11.9 Å².